The zero-order chi connectivity index (χ0) is 22.5. The number of nitrogens with zero attached hydrogens (tertiary/aromatic N) is 3. The smallest absolute Gasteiger partial charge is 0.337 e. The van der Waals surface area contributed by atoms with E-state index in [4.69, 9.17) is 14.2 Å². The molecule has 2 aromatic rings. The Morgan fingerprint density at radius 3 is 2.16 bits per heavy atom. The van der Waals surface area contributed by atoms with Crippen LogP contribution in [0.5, 0.6) is 5.75 Å². The van der Waals surface area contributed by atoms with Crippen LogP contribution >= 0.6 is 0 Å². The van der Waals surface area contributed by atoms with Gasteiger partial charge in [-0.1, -0.05) is 12.1 Å². The topological polar surface area (TPSA) is 71.6 Å². The summed E-state index contributed by atoms with van der Waals surface area (Å²) in [7, 11) is 2.98. The highest BCUT2D eigenvalue weighted by molar-refractivity contribution is 5.92. The molecule has 32 heavy (non-hydrogen) atoms. The maximum Gasteiger partial charge on any atom is 0.337 e. The highest BCUT2D eigenvalue weighted by Crippen LogP contribution is 2.24. The lowest BCUT2D eigenvalue weighted by Crippen LogP contribution is -2.59. The minimum Gasteiger partial charge on any atom is -0.497 e. The molecule has 8 heteroatoms. The number of amides is 2. The van der Waals surface area contributed by atoms with Crippen molar-refractivity contribution >= 4 is 17.7 Å². The minimum atomic E-state index is -0.380. The van der Waals surface area contributed by atoms with E-state index in [9.17, 15) is 9.59 Å². The summed E-state index contributed by atoms with van der Waals surface area (Å²) < 4.78 is 15.3. The molecular weight excluding hydrogens is 410 g/mol. The molecule has 8 nitrogen and oxygen atoms in total. The van der Waals surface area contributed by atoms with E-state index in [0.717, 1.165) is 43.3 Å². The molecule has 0 aromatic heterocycles. The number of ether oxygens (including phenoxy) is 3. The molecule has 4 rings (SSSR count). The standard InChI is InChI=1S/C24H29N3O5/c1-30-22-9-7-20(8-10-22)27(15-18-3-5-19(6-4-18)23(28)31-2)24(29)26-13-11-25(12-14-26)21-16-32-17-21/h3-10,21H,11-17H2,1-2H3. The summed E-state index contributed by atoms with van der Waals surface area (Å²) in [4.78, 5) is 31.3. The van der Waals surface area contributed by atoms with E-state index in [2.05, 4.69) is 4.90 Å². The van der Waals surface area contributed by atoms with E-state index in [1.54, 1.807) is 24.1 Å². The molecule has 0 bridgehead atoms. The molecule has 2 fully saturated rings. The SMILES string of the molecule is COC(=O)c1ccc(CN(C(=O)N2CCN(C3COC3)CC2)c2ccc(OC)cc2)cc1. The van der Waals surface area contributed by atoms with Crippen LogP contribution in [0.4, 0.5) is 10.5 Å². The molecule has 0 saturated carbocycles. The molecule has 0 N–H and O–H groups in total. The van der Waals surface area contributed by atoms with Crippen LogP contribution < -0.4 is 9.64 Å². The van der Waals surface area contributed by atoms with Crippen molar-refractivity contribution in [1.29, 1.82) is 0 Å². The lowest BCUT2D eigenvalue weighted by molar-refractivity contribution is -0.0738. The number of hydrogen-bond acceptors (Lipinski definition) is 6. The van der Waals surface area contributed by atoms with Crippen molar-refractivity contribution in [2.24, 2.45) is 0 Å². The lowest BCUT2D eigenvalue weighted by Gasteiger charge is -2.43. The summed E-state index contributed by atoms with van der Waals surface area (Å²) >= 11 is 0. The maximum absolute atomic E-state index is 13.5. The van der Waals surface area contributed by atoms with Crippen LogP contribution in [0, 0.1) is 0 Å². The summed E-state index contributed by atoms with van der Waals surface area (Å²) in [5.74, 6) is 0.356. The van der Waals surface area contributed by atoms with E-state index < -0.39 is 0 Å². The van der Waals surface area contributed by atoms with E-state index in [1.165, 1.54) is 7.11 Å². The van der Waals surface area contributed by atoms with Crippen LogP contribution in [-0.4, -0.2) is 81.5 Å². The van der Waals surface area contributed by atoms with Crippen LogP contribution in [0.1, 0.15) is 15.9 Å². The molecule has 0 spiro atoms. The molecule has 2 saturated heterocycles. The molecule has 170 valence electrons. The predicted molar refractivity (Wildman–Crippen MR) is 120 cm³/mol. The Morgan fingerprint density at radius 1 is 0.969 bits per heavy atom. The van der Waals surface area contributed by atoms with Gasteiger partial charge in [0.25, 0.3) is 0 Å². The van der Waals surface area contributed by atoms with Crippen molar-refractivity contribution in [3.8, 4) is 5.75 Å². The van der Waals surface area contributed by atoms with Gasteiger partial charge in [-0.2, -0.15) is 0 Å². The second kappa shape index (κ2) is 10.0. The quantitative estimate of drug-likeness (QED) is 0.645. The van der Waals surface area contributed by atoms with Gasteiger partial charge in [-0.15, -0.1) is 0 Å². The van der Waals surface area contributed by atoms with Crippen molar-refractivity contribution in [3.05, 3.63) is 59.7 Å². The van der Waals surface area contributed by atoms with Gasteiger partial charge in [-0.05, 0) is 42.0 Å². The molecule has 0 unspecified atom stereocenters. The van der Waals surface area contributed by atoms with Gasteiger partial charge in [0.1, 0.15) is 5.75 Å². The van der Waals surface area contributed by atoms with Gasteiger partial charge in [0.15, 0.2) is 0 Å². The van der Waals surface area contributed by atoms with Gasteiger partial charge in [-0.25, -0.2) is 9.59 Å². The minimum absolute atomic E-state index is 0.0308. The fourth-order valence-corrected chi connectivity index (χ4v) is 3.96. The zero-order valence-electron chi connectivity index (χ0n) is 18.5. The van der Waals surface area contributed by atoms with E-state index in [0.29, 0.717) is 31.2 Å². The van der Waals surface area contributed by atoms with Gasteiger partial charge in [-0.3, -0.25) is 9.80 Å². The third kappa shape index (κ3) is 4.87. The number of rotatable bonds is 6. The highest BCUT2D eigenvalue weighted by Gasteiger charge is 2.32. The van der Waals surface area contributed by atoms with Gasteiger partial charge >= 0.3 is 12.0 Å². The Morgan fingerprint density at radius 2 is 1.62 bits per heavy atom. The predicted octanol–water partition coefficient (Wildman–Crippen LogP) is 2.62. The first kappa shape index (κ1) is 22.1. The summed E-state index contributed by atoms with van der Waals surface area (Å²) in [6.45, 7) is 5.03. The van der Waals surface area contributed by atoms with E-state index in [-0.39, 0.29) is 12.0 Å². The Balaban J connectivity index is 1.50. The number of anilines is 1. The number of methoxy groups -OCH3 is 2. The average molecular weight is 440 g/mol. The number of hydrogen-bond donors (Lipinski definition) is 0. The summed E-state index contributed by atoms with van der Waals surface area (Å²) in [5, 5.41) is 0. The fourth-order valence-electron chi connectivity index (χ4n) is 3.96. The first-order valence-electron chi connectivity index (χ1n) is 10.8. The van der Waals surface area contributed by atoms with Crippen LogP contribution in [0.25, 0.3) is 0 Å². The number of carbonyl (C=O) groups is 2. The maximum atomic E-state index is 13.5. The largest absolute Gasteiger partial charge is 0.497 e. The average Bonchev–Trinajstić information content (AvgIpc) is 2.81. The monoisotopic (exact) mass is 439 g/mol. The van der Waals surface area contributed by atoms with Crippen molar-refractivity contribution in [2.75, 3.05) is 58.5 Å². The number of piperazine rings is 1. The van der Waals surface area contributed by atoms with Gasteiger partial charge in [0.05, 0.1) is 45.6 Å². The van der Waals surface area contributed by atoms with Gasteiger partial charge < -0.3 is 19.1 Å². The highest BCUT2D eigenvalue weighted by atomic mass is 16.5. The first-order chi connectivity index (χ1) is 15.6. The second-order valence-electron chi connectivity index (χ2n) is 7.97. The van der Waals surface area contributed by atoms with E-state index >= 15 is 0 Å². The van der Waals surface area contributed by atoms with Crippen molar-refractivity contribution in [1.82, 2.24) is 9.80 Å². The van der Waals surface area contributed by atoms with Crippen molar-refractivity contribution in [2.45, 2.75) is 12.6 Å². The Hall–Kier alpha value is -3.10. The number of esters is 1. The molecule has 2 aromatic carbocycles. The van der Waals surface area contributed by atoms with Crippen LogP contribution in [-0.2, 0) is 16.0 Å². The Labute approximate surface area is 188 Å². The molecule has 2 heterocycles. The van der Waals surface area contributed by atoms with Crippen molar-refractivity contribution in [3.63, 3.8) is 0 Å². The molecule has 0 atom stereocenters. The third-order valence-electron chi connectivity index (χ3n) is 6.05. The first-order valence-corrected chi connectivity index (χ1v) is 10.8. The lowest BCUT2D eigenvalue weighted by atomic mass is 10.1. The van der Waals surface area contributed by atoms with Crippen LogP contribution in [0.2, 0.25) is 0 Å². The fraction of sp³-hybridized carbons (Fsp3) is 0.417. The molecule has 2 amide bonds. The third-order valence-corrected chi connectivity index (χ3v) is 6.05. The molecule has 0 aliphatic carbocycles. The number of urea groups is 1. The number of carbonyl (C=O) groups excluding carboxylic acids is 2. The molecule has 2 aliphatic heterocycles. The Bertz CT molecular complexity index is 920. The molecule has 2 aliphatic rings. The van der Waals surface area contributed by atoms with Crippen LogP contribution in [0.3, 0.4) is 0 Å². The number of benzene rings is 2. The van der Waals surface area contributed by atoms with Crippen molar-refractivity contribution < 1.29 is 23.8 Å². The molecular formula is C24H29N3O5. The van der Waals surface area contributed by atoms with Gasteiger partial charge in [0, 0.05) is 31.9 Å². The summed E-state index contributed by atoms with van der Waals surface area (Å²) in [5.41, 5.74) is 2.20. The molecule has 0 radical (unpaired) electrons. The summed E-state index contributed by atoms with van der Waals surface area (Å²) in [6, 6.07) is 15.1. The summed E-state index contributed by atoms with van der Waals surface area (Å²) in [6.07, 6.45) is 0. The van der Waals surface area contributed by atoms with E-state index in [1.807, 2.05) is 41.3 Å². The van der Waals surface area contributed by atoms with Crippen LogP contribution in [0.15, 0.2) is 48.5 Å². The van der Waals surface area contributed by atoms with Gasteiger partial charge in [0.2, 0.25) is 0 Å². The second-order valence-corrected chi connectivity index (χ2v) is 7.97. The Kier molecular flexibility index (Phi) is 6.92. The normalized spacial score (nSPS) is 16.9. The zero-order valence-corrected chi connectivity index (χ0v) is 18.5.